The lowest BCUT2D eigenvalue weighted by Gasteiger charge is -2.38. The number of esters is 1. The Morgan fingerprint density at radius 1 is 1.59 bits per heavy atom. The van der Waals surface area contributed by atoms with Crippen LogP contribution in [0.1, 0.15) is 40.5 Å². The van der Waals surface area contributed by atoms with E-state index < -0.39 is 12.0 Å². The van der Waals surface area contributed by atoms with Crippen molar-refractivity contribution in [2.24, 2.45) is 11.8 Å². The minimum absolute atomic E-state index is 0.109. The van der Waals surface area contributed by atoms with Gasteiger partial charge in [-0.2, -0.15) is 0 Å². The number of aliphatic hydroxyl groups is 1. The molecule has 100 valence electrons. The summed E-state index contributed by atoms with van der Waals surface area (Å²) in [6.07, 6.45) is 0.934. The van der Waals surface area contributed by atoms with E-state index in [1.165, 1.54) is 0 Å². The van der Waals surface area contributed by atoms with Crippen LogP contribution in [-0.2, 0) is 14.3 Å². The van der Waals surface area contributed by atoms with Crippen LogP contribution < -0.4 is 0 Å². The van der Waals surface area contributed by atoms with Gasteiger partial charge in [0.2, 0.25) is 0 Å². The number of hydrogen-bond acceptors (Lipinski definition) is 4. The first-order valence-electron chi connectivity index (χ1n) is 6.36. The number of rotatable bonds is 4. The molecule has 0 unspecified atom stereocenters. The molecule has 0 aromatic heterocycles. The highest BCUT2D eigenvalue weighted by Crippen LogP contribution is 2.33. The molecule has 1 heterocycles. The van der Waals surface area contributed by atoms with Crippen molar-refractivity contribution in [2.75, 3.05) is 13.2 Å². The van der Waals surface area contributed by atoms with Crippen molar-refractivity contribution in [1.29, 1.82) is 0 Å². The highest BCUT2D eigenvalue weighted by Gasteiger charge is 2.37. The number of ether oxygens (including phenoxy) is 2. The average molecular weight is 244 g/mol. The quantitative estimate of drug-likeness (QED) is 0.765. The lowest BCUT2D eigenvalue weighted by Crippen LogP contribution is -2.42. The Hall–Kier alpha value is -0.610. The third-order valence-corrected chi connectivity index (χ3v) is 3.39. The van der Waals surface area contributed by atoms with Crippen molar-refractivity contribution in [3.05, 3.63) is 0 Å². The Bertz CT molecular complexity index is 262. The van der Waals surface area contributed by atoms with Crippen LogP contribution in [0, 0.1) is 11.8 Å². The highest BCUT2D eigenvalue weighted by molar-refractivity contribution is 5.72. The summed E-state index contributed by atoms with van der Waals surface area (Å²) in [6.45, 7) is 8.53. The van der Waals surface area contributed by atoms with Crippen molar-refractivity contribution in [2.45, 2.75) is 52.2 Å². The van der Waals surface area contributed by atoms with Crippen molar-refractivity contribution >= 4 is 5.97 Å². The normalized spacial score (nSPS) is 27.2. The van der Waals surface area contributed by atoms with Gasteiger partial charge in [-0.05, 0) is 46.5 Å². The molecule has 0 aliphatic carbocycles. The fourth-order valence-electron chi connectivity index (χ4n) is 2.39. The molecule has 1 N–H and O–H groups in total. The lowest BCUT2D eigenvalue weighted by molar-refractivity contribution is -0.156. The van der Waals surface area contributed by atoms with Crippen molar-refractivity contribution in [1.82, 2.24) is 0 Å². The molecule has 4 heteroatoms. The van der Waals surface area contributed by atoms with Crippen LogP contribution in [0.5, 0.6) is 0 Å². The average Bonchev–Trinajstić information content (AvgIpc) is 2.26. The maximum absolute atomic E-state index is 11.6. The molecular formula is C13H24O4. The molecule has 0 saturated carbocycles. The van der Waals surface area contributed by atoms with Crippen LogP contribution in [0.25, 0.3) is 0 Å². The van der Waals surface area contributed by atoms with Gasteiger partial charge in [-0.3, -0.25) is 4.79 Å². The predicted molar refractivity (Wildman–Crippen MR) is 64.6 cm³/mol. The molecule has 3 atom stereocenters. The van der Waals surface area contributed by atoms with Crippen LogP contribution in [0.3, 0.4) is 0 Å². The Morgan fingerprint density at radius 3 is 2.76 bits per heavy atom. The SMILES string of the molecule is CCOC(=O)[C@H](C)[C@H](O)[C@H]1CCOC(C)(C)C1. The van der Waals surface area contributed by atoms with Gasteiger partial charge in [0.25, 0.3) is 0 Å². The molecule has 1 fully saturated rings. The van der Waals surface area contributed by atoms with E-state index in [1.807, 2.05) is 13.8 Å². The van der Waals surface area contributed by atoms with Crippen molar-refractivity contribution in [3.63, 3.8) is 0 Å². The Balaban J connectivity index is 2.56. The minimum Gasteiger partial charge on any atom is -0.466 e. The summed E-state index contributed by atoms with van der Waals surface area (Å²) in [6, 6.07) is 0. The molecule has 4 nitrogen and oxygen atoms in total. The van der Waals surface area contributed by atoms with Gasteiger partial charge < -0.3 is 14.6 Å². The van der Waals surface area contributed by atoms with E-state index in [1.54, 1.807) is 13.8 Å². The van der Waals surface area contributed by atoms with Crippen LogP contribution in [0.2, 0.25) is 0 Å². The second-order valence-electron chi connectivity index (χ2n) is 5.39. The fourth-order valence-corrected chi connectivity index (χ4v) is 2.39. The second-order valence-corrected chi connectivity index (χ2v) is 5.39. The predicted octanol–water partition coefficient (Wildman–Crippen LogP) is 1.75. The van der Waals surface area contributed by atoms with Crippen LogP contribution in [0.4, 0.5) is 0 Å². The van der Waals surface area contributed by atoms with Crippen LogP contribution >= 0.6 is 0 Å². The molecule has 0 bridgehead atoms. The Labute approximate surface area is 103 Å². The van der Waals surface area contributed by atoms with Gasteiger partial charge in [-0.1, -0.05) is 0 Å². The molecule has 1 saturated heterocycles. The van der Waals surface area contributed by atoms with E-state index in [9.17, 15) is 9.90 Å². The van der Waals surface area contributed by atoms with Crippen molar-refractivity contribution < 1.29 is 19.4 Å². The smallest absolute Gasteiger partial charge is 0.311 e. The van der Waals surface area contributed by atoms with Gasteiger partial charge in [0, 0.05) is 6.61 Å². The van der Waals surface area contributed by atoms with Gasteiger partial charge in [-0.25, -0.2) is 0 Å². The molecule has 0 aromatic carbocycles. The topological polar surface area (TPSA) is 55.8 Å². The third-order valence-electron chi connectivity index (χ3n) is 3.39. The van der Waals surface area contributed by atoms with Crippen LogP contribution in [-0.4, -0.2) is 36.0 Å². The number of hydrogen-bond donors (Lipinski definition) is 1. The summed E-state index contributed by atoms with van der Waals surface area (Å²) in [5.41, 5.74) is -0.210. The number of carbonyl (C=O) groups is 1. The summed E-state index contributed by atoms with van der Waals surface area (Å²) in [5.74, 6) is -0.670. The molecule has 1 rings (SSSR count). The maximum atomic E-state index is 11.6. The summed E-state index contributed by atoms with van der Waals surface area (Å²) in [7, 11) is 0. The summed E-state index contributed by atoms with van der Waals surface area (Å²) in [4.78, 5) is 11.6. The van der Waals surface area contributed by atoms with E-state index >= 15 is 0 Å². The Kier molecular flexibility index (Phi) is 4.95. The number of aliphatic hydroxyl groups excluding tert-OH is 1. The maximum Gasteiger partial charge on any atom is 0.311 e. The molecule has 1 aliphatic heterocycles. The first-order valence-corrected chi connectivity index (χ1v) is 6.36. The highest BCUT2D eigenvalue weighted by atomic mass is 16.5. The summed E-state index contributed by atoms with van der Waals surface area (Å²) >= 11 is 0. The van der Waals surface area contributed by atoms with E-state index in [0.717, 1.165) is 12.8 Å². The third kappa shape index (κ3) is 3.96. The van der Waals surface area contributed by atoms with E-state index in [4.69, 9.17) is 9.47 Å². The molecule has 0 radical (unpaired) electrons. The van der Waals surface area contributed by atoms with Gasteiger partial charge in [0.1, 0.15) is 0 Å². The summed E-state index contributed by atoms with van der Waals surface area (Å²) < 4.78 is 10.5. The zero-order valence-electron chi connectivity index (χ0n) is 11.2. The lowest BCUT2D eigenvalue weighted by atomic mass is 9.80. The molecule has 0 amide bonds. The summed E-state index contributed by atoms with van der Waals surface area (Å²) in [5, 5.41) is 10.2. The van der Waals surface area contributed by atoms with Crippen LogP contribution in [0.15, 0.2) is 0 Å². The second kappa shape index (κ2) is 5.83. The molecule has 17 heavy (non-hydrogen) atoms. The van der Waals surface area contributed by atoms with E-state index in [0.29, 0.717) is 13.2 Å². The zero-order chi connectivity index (χ0) is 13.1. The fraction of sp³-hybridized carbons (Fsp3) is 0.923. The standard InChI is InChI=1S/C13H24O4/c1-5-16-12(15)9(2)11(14)10-6-7-17-13(3,4)8-10/h9-11,14H,5-8H2,1-4H3/t9-,10+,11+/m1/s1. The Morgan fingerprint density at radius 2 is 2.24 bits per heavy atom. The molecule has 0 spiro atoms. The first kappa shape index (κ1) is 14.5. The monoisotopic (exact) mass is 244 g/mol. The van der Waals surface area contributed by atoms with Gasteiger partial charge >= 0.3 is 5.97 Å². The van der Waals surface area contributed by atoms with Gasteiger partial charge in [0.15, 0.2) is 0 Å². The van der Waals surface area contributed by atoms with Crippen molar-refractivity contribution in [3.8, 4) is 0 Å². The zero-order valence-corrected chi connectivity index (χ0v) is 11.2. The minimum atomic E-state index is -0.641. The van der Waals surface area contributed by atoms with E-state index in [-0.39, 0.29) is 17.5 Å². The van der Waals surface area contributed by atoms with Gasteiger partial charge in [0.05, 0.1) is 24.2 Å². The molecular weight excluding hydrogens is 220 g/mol. The molecule has 1 aliphatic rings. The number of carbonyl (C=O) groups excluding carboxylic acids is 1. The molecule has 0 aromatic rings. The van der Waals surface area contributed by atoms with E-state index in [2.05, 4.69) is 0 Å². The first-order chi connectivity index (χ1) is 7.87. The van der Waals surface area contributed by atoms with Gasteiger partial charge in [-0.15, -0.1) is 0 Å². The largest absolute Gasteiger partial charge is 0.466 e.